The summed E-state index contributed by atoms with van der Waals surface area (Å²) in [5, 5.41) is 12.8. The van der Waals surface area contributed by atoms with Crippen LogP contribution in [0.25, 0.3) is 0 Å². The number of carboxylic acid groups (broad SMARTS) is 1. The summed E-state index contributed by atoms with van der Waals surface area (Å²) >= 11 is 0. The number of likely N-dealkylation sites (N-methyl/N-ethyl adjacent to an activating group) is 1. The van der Waals surface area contributed by atoms with Crippen molar-refractivity contribution in [3.05, 3.63) is 30.1 Å². The van der Waals surface area contributed by atoms with Crippen molar-refractivity contribution in [2.45, 2.75) is 43.2 Å². The number of nitrogens with one attached hydrogen (secondary N) is 1. The second-order valence-electron chi connectivity index (χ2n) is 8.69. The number of aldehydes is 1. The molecule has 0 bridgehead atoms. The van der Waals surface area contributed by atoms with Crippen LogP contribution in [0.5, 0.6) is 0 Å². The molecule has 2 N–H and O–H groups in total. The summed E-state index contributed by atoms with van der Waals surface area (Å²) in [5.41, 5.74) is 0. The predicted molar refractivity (Wildman–Crippen MR) is 113 cm³/mol. The number of carbonyl (C=O) groups excluding carboxylic acids is 1. The van der Waals surface area contributed by atoms with Gasteiger partial charge in [0.05, 0.1) is 4.90 Å². The molecule has 1 saturated heterocycles. The Morgan fingerprint density at radius 1 is 1.32 bits per heavy atom. The zero-order valence-corrected chi connectivity index (χ0v) is 18.6. The van der Waals surface area contributed by atoms with Crippen molar-refractivity contribution >= 4 is 22.4 Å². The molecule has 1 amide bonds. The van der Waals surface area contributed by atoms with Crippen LogP contribution in [-0.2, 0) is 14.8 Å². The first-order chi connectivity index (χ1) is 14.6. The first-order valence-electron chi connectivity index (χ1n) is 10.5. The van der Waals surface area contributed by atoms with E-state index in [2.05, 4.69) is 5.32 Å². The van der Waals surface area contributed by atoms with Crippen LogP contribution in [0, 0.1) is 23.6 Å². The number of benzene rings is 1. The van der Waals surface area contributed by atoms with Crippen molar-refractivity contribution in [3.8, 4) is 0 Å². The molecule has 1 aromatic rings. The highest BCUT2D eigenvalue weighted by Crippen LogP contribution is 2.40. The third kappa shape index (κ3) is 5.24. The molecule has 0 radical (unpaired) electrons. The lowest BCUT2D eigenvalue weighted by atomic mass is 9.97. The van der Waals surface area contributed by atoms with E-state index in [1.54, 1.807) is 6.92 Å². The zero-order valence-electron chi connectivity index (χ0n) is 17.8. The summed E-state index contributed by atoms with van der Waals surface area (Å²) < 4.78 is 40.5. The SMILES string of the molecule is CC(C=O)CC(CN[C@@H]1CC[C@H]2CN(S(=O)(=O)c3ccc(F)cc3)C[C@H]21)N(C)C(=O)O. The molecule has 2 unspecified atom stereocenters. The molecule has 1 aliphatic heterocycles. The van der Waals surface area contributed by atoms with Gasteiger partial charge in [0.2, 0.25) is 10.0 Å². The second-order valence-corrected chi connectivity index (χ2v) is 10.6. The minimum absolute atomic E-state index is 0.0784. The molecular formula is C21H30FN3O5S. The van der Waals surface area contributed by atoms with Crippen LogP contribution in [0.3, 0.4) is 0 Å². The van der Waals surface area contributed by atoms with Crippen molar-refractivity contribution in [3.63, 3.8) is 0 Å². The average molecular weight is 456 g/mol. The Hall–Kier alpha value is -2.04. The summed E-state index contributed by atoms with van der Waals surface area (Å²) in [5.74, 6) is -0.370. The highest BCUT2D eigenvalue weighted by atomic mass is 32.2. The number of rotatable bonds is 9. The van der Waals surface area contributed by atoms with Crippen molar-refractivity contribution in [2.75, 3.05) is 26.7 Å². The molecule has 2 aliphatic rings. The van der Waals surface area contributed by atoms with Gasteiger partial charge in [-0.25, -0.2) is 17.6 Å². The van der Waals surface area contributed by atoms with Gasteiger partial charge in [0.25, 0.3) is 0 Å². The number of hydrogen-bond acceptors (Lipinski definition) is 5. The number of sulfonamides is 1. The monoisotopic (exact) mass is 455 g/mol. The average Bonchev–Trinajstić information content (AvgIpc) is 3.32. The molecule has 8 nitrogen and oxygen atoms in total. The van der Waals surface area contributed by atoms with E-state index < -0.39 is 21.9 Å². The Morgan fingerprint density at radius 2 is 2.00 bits per heavy atom. The molecule has 1 aromatic carbocycles. The fraction of sp³-hybridized carbons (Fsp3) is 0.619. The summed E-state index contributed by atoms with van der Waals surface area (Å²) in [4.78, 5) is 23.8. The van der Waals surface area contributed by atoms with E-state index >= 15 is 0 Å². The minimum atomic E-state index is -3.68. The van der Waals surface area contributed by atoms with Gasteiger partial charge in [-0.05, 0) is 55.4 Å². The van der Waals surface area contributed by atoms with Gasteiger partial charge in [-0.1, -0.05) is 6.92 Å². The third-order valence-electron chi connectivity index (χ3n) is 6.62. The van der Waals surface area contributed by atoms with Gasteiger partial charge in [-0.2, -0.15) is 4.31 Å². The lowest BCUT2D eigenvalue weighted by molar-refractivity contribution is -0.111. The molecule has 0 aromatic heterocycles. The maximum Gasteiger partial charge on any atom is 0.407 e. The van der Waals surface area contributed by atoms with E-state index in [9.17, 15) is 27.5 Å². The molecular weight excluding hydrogens is 425 g/mol. The molecule has 0 spiro atoms. The smallest absolute Gasteiger partial charge is 0.407 e. The molecule has 2 fully saturated rings. The van der Waals surface area contributed by atoms with E-state index in [0.717, 1.165) is 31.3 Å². The predicted octanol–water partition coefficient (Wildman–Crippen LogP) is 2.02. The van der Waals surface area contributed by atoms with E-state index in [-0.39, 0.29) is 34.7 Å². The van der Waals surface area contributed by atoms with Crippen LogP contribution in [0.4, 0.5) is 9.18 Å². The molecule has 10 heteroatoms. The minimum Gasteiger partial charge on any atom is -0.465 e. The topological polar surface area (TPSA) is 107 Å². The number of halogens is 1. The molecule has 3 rings (SSSR count). The molecule has 1 saturated carbocycles. The van der Waals surface area contributed by atoms with Crippen LogP contribution >= 0.6 is 0 Å². The van der Waals surface area contributed by atoms with E-state index in [0.29, 0.717) is 26.1 Å². The normalized spacial score (nSPS) is 25.7. The number of carbonyl (C=O) groups is 2. The van der Waals surface area contributed by atoms with E-state index in [1.165, 1.54) is 28.4 Å². The van der Waals surface area contributed by atoms with Gasteiger partial charge < -0.3 is 20.1 Å². The van der Waals surface area contributed by atoms with Gasteiger partial charge in [-0.15, -0.1) is 0 Å². The van der Waals surface area contributed by atoms with Gasteiger partial charge in [-0.3, -0.25) is 0 Å². The highest BCUT2D eigenvalue weighted by molar-refractivity contribution is 7.89. The Labute approximate surface area is 182 Å². The summed E-state index contributed by atoms with van der Waals surface area (Å²) in [6.07, 6.45) is 1.98. The van der Waals surface area contributed by atoms with E-state index in [1.807, 2.05) is 0 Å². The lowest BCUT2D eigenvalue weighted by Crippen LogP contribution is -2.47. The van der Waals surface area contributed by atoms with Crippen LogP contribution in [0.15, 0.2) is 29.2 Å². The van der Waals surface area contributed by atoms with Crippen LogP contribution in [0.2, 0.25) is 0 Å². The molecule has 1 heterocycles. The maximum absolute atomic E-state index is 13.2. The Morgan fingerprint density at radius 3 is 2.61 bits per heavy atom. The molecule has 172 valence electrons. The molecule has 1 aliphatic carbocycles. The Balaban J connectivity index is 1.64. The quantitative estimate of drug-likeness (QED) is 0.552. The van der Waals surface area contributed by atoms with Crippen molar-refractivity contribution in [1.82, 2.24) is 14.5 Å². The number of fused-ring (bicyclic) bond motifs is 1. The molecule has 5 atom stereocenters. The first kappa shape index (κ1) is 23.6. The van der Waals surface area contributed by atoms with Crippen LogP contribution < -0.4 is 5.32 Å². The lowest BCUT2D eigenvalue weighted by Gasteiger charge is -2.30. The highest BCUT2D eigenvalue weighted by Gasteiger charge is 2.46. The zero-order chi connectivity index (χ0) is 22.8. The number of nitrogens with zero attached hydrogens (tertiary/aromatic N) is 2. The third-order valence-corrected chi connectivity index (χ3v) is 8.46. The fourth-order valence-electron chi connectivity index (χ4n) is 4.74. The van der Waals surface area contributed by atoms with Gasteiger partial charge in [0, 0.05) is 44.7 Å². The Bertz CT molecular complexity index is 895. The largest absolute Gasteiger partial charge is 0.465 e. The number of hydrogen-bond donors (Lipinski definition) is 2. The summed E-state index contributed by atoms with van der Waals surface area (Å²) in [6.45, 7) is 2.98. The van der Waals surface area contributed by atoms with Gasteiger partial charge in [0.1, 0.15) is 12.1 Å². The fourth-order valence-corrected chi connectivity index (χ4v) is 6.27. The Kier molecular flexibility index (Phi) is 7.33. The summed E-state index contributed by atoms with van der Waals surface area (Å²) in [7, 11) is -2.19. The van der Waals surface area contributed by atoms with Crippen molar-refractivity contribution in [2.24, 2.45) is 17.8 Å². The standard InChI is InChI=1S/C21H30FN3O5S/c1-14(13-26)9-17(24(2)21(27)28)10-23-20-8-3-15-11-25(12-19(15)20)31(29,30)18-6-4-16(22)5-7-18/h4-7,13-15,17,19-20,23H,3,8-12H2,1-2H3,(H,27,28)/t14?,15-,17?,19+,20+/m0/s1. The van der Waals surface area contributed by atoms with E-state index in [4.69, 9.17) is 0 Å². The van der Waals surface area contributed by atoms with Crippen molar-refractivity contribution in [1.29, 1.82) is 0 Å². The van der Waals surface area contributed by atoms with Crippen LogP contribution in [0.1, 0.15) is 26.2 Å². The first-order valence-corrected chi connectivity index (χ1v) is 12.0. The van der Waals surface area contributed by atoms with Crippen LogP contribution in [-0.4, -0.2) is 73.9 Å². The number of amides is 1. The maximum atomic E-state index is 13.2. The molecule has 31 heavy (non-hydrogen) atoms. The second kappa shape index (κ2) is 9.62. The summed E-state index contributed by atoms with van der Waals surface area (Å²) in [6, 6.07) is 4.59. The van der Waals surface area contributed by atoms with Crippen molar-refractivity contribution < 1.29 is 27.5 Å². The van der Waals surface area contributed by atoms with Gasteiger partial charge >= 0.3 is 6.09 Å². The van der Waals surface area contributed by atoms with Gasteiger partial charge in [0.15, 0.2) is 0 Å².